The normalized spacial score (nSPS) is 13.4. The minimum atomic E-state index is -4.45. The Morgan fingerprint density at radius 2 is 2.18 bits per heavy atom. The van der Waals surface area contributed by atoms with Crippen LogP contribution in [0.5, 0.6) is 0 Å². The van der Waals surface area contributed by atoms with Gasteiger partial charge in [-0.3, -0.25) is 0 Å². The second kappa shape index (κ2) is 6.38. The van der Waals surface area contributed by atoms with Gasteiger partial charge in [0, 0.05) is 18.0 Å². The molecular weight excluding hydrogens is 317 g/mol. The molecule has 1 aromatic heterocycles. The Labute approximate surface area is 110 Å². The van der Waals surface area contributed by atoms with Gasteiger partial charge in [-0.25, -0.2) is 0 Å². The molecule has 0 bridgehead atoms. The van der Waals surface area contributed by atoms with Gasteiger partial charge in [0.2, 0.25) is 0 Å². The number of nitrogens with one attached hydrogen (secondary N) is 1. The Kier molecular flexibility index (Phi) is 5.43. The number of halogens is 4. The zero-order valence-corrected chi connectivity index (χ0v) is 11.1. The number of alkyl halides is 3. The van der Waals surface area contributed by atoms with E-state index >= 15 is 0 Å². The van der Waals surface area contributed by atoms with Gasteiger partial charge in [0.05, 0.1) is 9.86 Å². The van der Waals surface area contributed by atoms with Gasteiger partial charge in [-0.1, -0.05) is 0 Å². The van der Waals surface area contributed by atoms with Gasteiger partial charge in [-0.15, -0.1) is 11.3 Å². The van der Waals surface area contributed by atoms with Crippen LogP contribution < -0.4 is 5.32 Å². The Morgan fingerprint density at radius 1 is 1.47 bits per heavy atom. The summed E-state index contributed by atoms with van der Waals surface area (Å²) in [5.41, 5.74) is 0. The summed E-state index contributed by atoms with van der Waals surface area (Å²) in [7, 11) is 0. The molecule has 1 aromatic rings. The number of nitriles is 1. The predicted molar refractivity (Wildman–Crippen MR) is 63.8 cm³/mol. The van der Waals surface area contributed by atoms with Crippen LogP contribution in [0.15, 0.2) is 15.9 Å². The highest BCUT2D eigenvalue weighted by Crippen LogP contribution is 2.25. The number of hydrogen-bond donors (Lipinski definition) is 1. The smallest absolute Gasteiger partial charge is 0.315 e. The van der Waals surface area contributed by atoms with E-state index in [1.54, 1.807) is 11.3 Å². The number of thiophene rings is 1. The summed E-state index contributed by atoms with van der Waals surface area (Å²) in [5, 5.41) is 11.0. The standard InChI is InChI=1S/C10H10BrF3N2S/c11-9-2-1-8(17-9)3-4-16-6-7(5-15)10(12,13)14/h1-2,7,16H,3-4,6H2. The average molecular weight is 327 g/mol. The number of hydrogen-bond acceptors (Lipinski definition) is 3. The zero-order valence-electron chi connectivity index (χ0n) is 8.72. The molecule has 0 fully saturated rings. The fraction of sp³-hybridized carbons (Fsp3) is 0.500. The van der Waals surface area contributed by atoms with Crippen molar-refractivity contribution < 1.29 is 13.2 Å². The highest BCUT2D eigenvalue weighted by atomic mass is 79.9. The molecule has 1 heterocycles. The fourth-order valence-corrected chi connectivity index (χ4v) is 2.66. The van der Waals surface area contributed by atoms with Crippen molar-refractivity contribution in [1.29, 1.82) is 5.26 Å². The van der Waals surface area contributed by atoms with Crippen LogP contribution in [0.1, 0.15) is 4.88 Å². The second-order valence-electron chi connectivity index (χ2n) is 3.38. The van der Waals surface area contributed by atoms with E-state index in [9.17, 15) is 13.2 Å². The third-order valence-electron chi connectivity index (χ3n) is 2.08. The molecule has 0 aliphatic rings. The summed E-state index contributed by atoms with van der Waals surface area (Å²) >= 11 is 4.86. The van der Waals surface area contributed by atoms with Crippen LogP contribution in [-0.4, -0.2) is 19.3 Å². The quantitative estimate of drug-likeness (QED) is 0.842. The van der Waals surface area contributed by atoms with Gasteiger partial charge in [0.15, 0.2) is 5.92 Å². The Balaban J connectivity index is 2.26. The van der Waals surface area contributed by atoms with E-state index < -0.39 is 12.1 Å². The van der Waals surface area contributed by atoms with Crippen molar-refractivity contribution in [2.45, 2.75) is 12.6 Å². The van der Waals surface area contributed by atoms with E-state index in [0.717, 1.165) is 8.66 Å². The molecule has 0 saturated heterocycles. The van der Waals surface area contributed by atoms with E-state index in [4.69, 9.17) is 5.26 Å². The van der Waals surface area contributed by atoms with Crippen molar-refractivity contribution in [1.82, 2.24) is 5.32 Å². The maximum Gasteiger partial charge on any atom is 0.405 e. The summed E-state index contributed by atoms with van der Waals surface area (Å²) < 4.78 is 37.6. The fourth-order valence-electron chi connectivity index (χ4n) is 1.18. The lowest BCUT2D eigenvalue weighted by atomic mass is 10.1. The molecule has 7 heteroatoms. The average Bonchev–Trinajstić information content (AvgIpc) is 2.62. The summed E-state index contributed by atoms with van der Waals surface area (Å²) in [6, 6.07) is 5.07. The van der Waals surface area contributed by atoms with Gasteiger partial charge in [0.1, 0.15) is 0 Å². The maximum absolute atomic E-state index is 12.2. The van der Waals surface area contributed by atoms with Crippen LogP contribution >= 0.6 is 27.3 Å². The molecule has 0 amide bonds. The molecule has 94 valence electrons. The molecule has 0 saturated carbocycles. The van der Waals surface area contributed by atoms with Gasteiger partial charge in [0.25, 0.3) is 0 Å². The Hall–Kier alpha value is -0.580. The minimum absolute atomic E-state index is 0.355. The topological polar surface area (TPSA) is 35.8 Å². The largest absolute Gasteiger partial charge is 0.405 e. The summed E-state index contributed by atoms with van der Waals surface area (Å²) in [6.45, 7) is 0.0771. The first-order valence-corrected chi connectivity index (χ1v) is 6.45. The zero-order chi connectivity index (χ0) is 12.9. The van der Waals surface area contributed by atoms with Gasteiger partial charge in [-0.2, -0.15) is 18.4 Å². The molecule has 0 radical (unpaired) electrons. The van der Waals surface area contributed by atoms with Crippen molar-refractivity contribution in [3.63, 3.8) is 0 Å². The van der Waals surface area contributed by atoms with Crippen LogP contribution in [0, 0.1) is 17.2 Å². The molecule has 1 atom stereocenters. The summed E-state index contributed by atoms with van der Waals surface area (Å²) in [5.74, 6) is -1.93. The van der Waals surface area contributed by atoms with Gasteiger partial charge in [-0.05, 0) is 34.5 Å². The van der Waals surface area contributed by atoms with Crippen LogP contribution in [0.25, 0.3) is 0 Å². The van der Waals surface area contributed by atoms with Crippen molar-refractivity contribution in [3.8, 4) is 6.07 Å². The van der Waals surface area contributed by atoms with Gasteiger partial charge >= 0.3 is 6.18 Å². The lowest BCUT2D eigenvalue weighted by Gasteiger charge is -2.13. The molecular formula is C10H10BrF3N2S. The monoisotopic (exact) mass is 326 g/mol. The van der Waals surface area contributed by atoms with Crippen molar-refractivity contribution in [2.75, 3.05) is 13.1 Å². The van der Waals surface area contributed by atoms with Crippen molar-refractivity contribution in [2.24, 2.45) is 5.92 Å². The van der Waals surface area contributed by atoms with Crippen molar-refractivity contribution in [3.05, 3.63) is 20.8 Å². The SMILES string of the molecule is N#CC(CNCCc1ccc(Br)s1)C(F)(F)F. The number of nitrogens with zero attached hydrogens (tertiary/aromatic N) is 1. The van der Waals surface area contributed by atoms with Gasteiger partial charge < -0.3 is 5.32 Å². The number of rotatable bonds is 5. The van der Waals surface area contributed by atoms with Crippen LogP contribution in [-0.2, 0) is 6.42 Å². The van der Waals surface area contributed by atoms with E-state index in [-0.39, 0.29) is 6.54 Å². The summed E-state index contributed by atoms with van der Waals surface area (Å²) in [4.78, 5) is 1.09. The lowest BCUT2D eigenvalue weighted by molar-refractivity contribution is -0.157. The maximum atomic E-state index is 12.2. The predicted octanol–water partition coefficient (Wildman–Crippen LogP) is 3.34. The molecule has 1 N–H and O–H groups in total. The van der Waals surface area contributed by atoms with Crippen LogP contribution in [0.4, 0.5) is 13.2 Å². The molecule has 1 rings (SSSR count). The first kappa shape index (κ1) is 14.5. The Bertz CT molecular complexity index is 397. The van der Waals surface area contributed by atoms with E-state index in [1.165, 1.54) is 6.07 Å². The molecule has 2 nitrogen and oxygen atoms in total. The minimum Gasteiger partial charge on any atom is -0.315 e. The van der Waals surface area contributed by atoms with E-state index in [2.05, 4.69) is 21.2 Å². The van der Waals surface area contributed by atoms with E-state index in [0.29, 0.717) is 13.0 Å². The molecule has 0 aliphatic carbocycles. The molecule has 0 aromatic carbocycles. The first-order chi connectivity index (χ1) is 7.93. The highest BCUT2D eigenvalue weighted by molar-refractivity contribution is 9.11. The van der Waals surface area contributed by atoms with Crippen LogP contribution in [0.2, 0.25) is 0 Å². The lowest BCUT2D eigenvalue weighted by Crippen LogP contribution is -2.33. The molecule has 1 unspecified atom stereocenters. The first-order valence-electron chi connectivity index (χ1n) is 4.84. The summed E-state index contributed by atoms with van der Waals surface area (Å²) in [6.07, 6.45) is -3.79. The molecule has 17 heavy (non-hydrogen) atoms. The third kappa shape index (κ3) is 5.06. The van der Waals surface area contributed by atoms with Crippen LogP contribution in [0.3, 0.4) is 0 Å². The van der Waals surface area contributed by atoms with Crippen molar-refractivity contribution >= 4 is 27.3 Å². The third-order valence-corrected chi connectivity index (χ3v) is 3.76. The second-order valence-corrected chi connectivity index (χ2v) is 5.93. The Morgan fingerprint density at radius 3 is 2.65 bits per heavy atom. The molecule has 0 aliphatic heterocycles. The molecule has 0 spiro atoms. The highest BCUT2D eigenvalue weighted by Gasteiger charge is 2.39. The van der Waals surface area contributed by atoms with E-state index in [1.807, 2.05) is 12.1 Å².